The third kappa shape index (κ3) is 7.22. The van der Waals surface area contributed by atoms with E-state index in [-0.39, 0.29) is 59.7 Å². The molecule has 390 valence electrons. The van der Waals surface area contributed by atoms with Crippen molar-refractivity contribution in [3.63, 3.8) is 0 Å². The van der Waals surface area contributed by atoms with Gasteiger partial charge in [0.1, 0.15) is 5.75 Å². The summed E-state index contributed by atoms with van der Waals surface area (Å²) >= 11 is 3.26. The number of aromatic hydroxyl groups is 1. The maximum atomic E-state index is 16.2. The number of guanidine groups is 1. The van der Waals surface area contributed by atoms with Crippen LogP contribution >= 0.6 is 22.7 Å². The molecule has 3 saturated carbocycles. The van der Waals surface area contributed by atoms with Gasteiger partial charge in [0.15, 0.2) is 11.7 Å². The largest absolute Gasteiger partial charge is 0.507 e. The van der Waals surface area contributed by atoms with Gasteiger partial charge in [-0.15, -0.1) is 28.6 Å². The lowest BCUT2D eigenvalue weighted by molar-refractivity contribution is -0.0292. The molecular weight excluding hydrogens is 983 g/mol. The van der Waals surface area contributed by atoms with Gasteiger partial charge in [0.2, 0.25) is 0 Å². The van der Waals surface area contributed by atoms with Crippen LogP contribution in [-0.2, 0) is 19.3 Å². The number of carbonyl (C=O) groups excluding carboxylic acids is 1. The summed E-state index contributed by atoms with van der Waals surface area (Å²) in [6.07, 6.45) is 23.7. The Hall–Kier alpha value is -6.19. The summed E-state index contributed by atoms with van der Waals surface area (Å²) in [6, 6.07) is 16.0. The topological polar surface area (TPSA) is 181 Å². The number of thiophene rings is 2. The molecule has 3 aromatic heterocycles. The summed E-state index contributed by atoms with van der Waals surface area (Å²) in [5.41, 5.74) is 10.7. The number of benzene rings is 2. The van der Waals surface area contributed by atoms with Crippen LogP contribution in [0.3, 0.4) is 0 Å². The second kappa shape index (κ2) is 18.2. The van der Waals surface area contributed by atoms with Gasteiger partial charge >= 0.3 is 0 Å². The Labute approximate surface area is 453 Å². The number of aliphatic hydroxyl groups is 2. The van der Waals surface area contributed by atoms with Gasteiger partial charge in [0, 0.05) is 88.3 Å². The van der Waals surface area contributed by atoms with Crippen molar-refractivity contribution in [2.45, 2.75) is 95.2 Å². The van der Waals surface area contributed by atoms with E-state index in [4.69, 9.17) is 5.73 Å². The highest BCUT2D eigenvalue weighted by Crippen LogP contribution is 2.83. The molecule has 76 heavy (non-hydrogen) atoms. The normalized spacial score (nSPS) is 34.8. The van der Waals surface area contributed by atoms with Crippen molar-refractivity contribution in [1.29, 1.82) is 0 Å². The average molecular weight is 1050 g/mol. The number of phenolic OH excluding ortho intramolecular Hbond substituents is 1. The number of fused-ring (bicyclic) bond motifs is 5. The molecule has 0 saturated heterocycles. The first-order valence-electron chi connectivity index (χ1n) is 27.3. The Morgan fingerprint density at radius 2 is 1.91 bits per heavy atom. The number of nitrogens with zero attached hydrogens (tertiary/aromatic N) is 2. The minimum atomic E-state index is -1.27. The number of phenols is 1. The van der Waals surface area contributed by atoms with E-state index in [1.165, 1.54) is 5.56 Å². The minimum Gasteiger partial charge on any atom is -0.507 e. The predicted octanol–water partition coefficient (Wildman–Crippen LogP) is 9.22. The third-order valence-electron chi connectivity index (χ3n) is 20.2. The van der Waals surface area contributed by atoms with Gasteiger partial charge in [-0.3, -0.25) is 9.79 Å². The molecule has 13 unspecified atom stereocenters. The number of allylic oxidation sites excluding steroid dienone is 3. The first-order chi connectivity index (χ1) is 36.8. The Balaban J connectivity index is 1.09. The van der Waals surface area contributed by atoms with Crippen LogP contribution in [-0.4, -0.2) is 82.0 Å². The van der Waals surface area contributed by atoms with Crippen molar-refractivity contribution in [2.75, 3.05) is 32.6 Å². The molecule has 0 amide bonds. The zero-order chi connectivity index (χ0) is 52.4. The molecule has 5 heterocycles. The van der Waals surface area contributed by atoms with Crippen molar-refractivity contribution < 1.29 is 20.1 Å². The van der Waals surface area contributed by atoms with Gasteiger partial charge in [0.05, 0.1) is 39.0 Å². The molecule has 2 aliphatic heterocycles. The van der Waals surface area contributed by atoms with Crippen molar-refractivity contribution in [3.05, 3.63) is 140 Å². The van der Waals surface area contributed by atoms with E-state index in [1.807, 2.05) is 45.3 Å². The molecule has 0 radical (unpaired) electrons. The lowest BCUT2D eigenvalue weighted by Crippen LogP contribution is -2.59. The fourth-order valence-corrected chi connectivity index (χ4v) is 19.2. The van der Waals surface area contributed by atoms with Crippen LogP contribution in [0.2, 0.25) is 0 Å². The molecule has 7 aliphatic carbocycles. The van der Waals surface area contributed by atoms with Crippen LogP contribution in [0.15, 0.2) is 96.4 Å². The molecular formula is C63H67N7O4S2. The fraction of sp³-hybridized carbons (Fsp3) is 0.444. The van der Waals surface area contributed by atoms with Crippen LogP contribution in [0.1, 0.15) is 112 Å². The Morgan fingerprint density at radius 1 is 1.05 bits per heavy atom. The molecule has 13 heteroatoms. The molecule has 2 aromatic carbocycles. The lowest BCUT2D eigenvalue weighted by atomic mass is 9.45. The number of H-pyrrole nitrogens is 1. The molecule has 9 aliphatic rings. The zero-order valence-corrected chi connectivity index (χ0v) is 45.3. The second-order valence-electron chi connectivity index (χ2n) is 23.7. The first-order valence-corrected chi connectivity index (χ1v) is 28.9. The van der Waals surface area contributed by atoms with Crippen LogP contribution in [0.5, 0.6) is 5.75 Å². The Morgan fingerprint density at radius 3 is 2.71 bits per heavy atom. The average Bonchev–Trinajstić information content (AvgIpc) is 4.40. The lowest BCUT2D eigenvalue weighted by Gasteiger charge is -2.59. The van der Waals surface area contributed by atoms with Crippen LogP contribution < -0.4 is 21.7 Å². The number of aromatic amines is 1. The molecule has 13 atom stereocenters. The van der Waals surface area contributed by atoms with Gasteiger partial charge < -0.3 is 42.0 Å². The number of imidazole rings is 1. The Bertz CT molecular complexity index is 3430. The number of aliphatic hydroxyl groups excluding tert-OH is 1. The molecule has 10 bridgehead atoms. The smallest absolute Gasteiger partial charge is 0.188 e. The van der Waals surface area contributed by atoms with Gasteiger partial charge in [-0.1, -0.05) is 72.4 Å². The van der Waals surface area contributed by atoms with E-state index in [0.717, 1.165) is 86.1 Å². The minimum absolute atomic E-state index is 0.0269. The SMILES string of the molecule is CC#Cc1ccc(-c2ccc(C(=O)C3CCC45C=CC6C3(C4)CC3(CCC(CNC)C3CO)C63C=CC4c6cccc(c6Cc6cnc[nH]6)CC(C)(O)C6C=Cc7c(O)cc(c(c7N6)C#CC43)CC5NC(N)=NC)s2)s1. The summed E-state index contributed by atoms with van der Waals surface area (Å²) in [5, 5.41) is 48.3. The summed E-state index contributed by atoms with van der Waals surface area (Å²) in [5.74, 6) is 14.2. The number of nitrogens with two attached hydrogens (primary N) is 1. The van der Waals surface area contributed by atoms with Crippen molar-refractivity contribution in [2.24, 2.45) is 62.0 Å². The van der Waals surface area contributed by atoms with Crippen LogP contribution in [0.4, 0.5) is 5.69 Å². The highest BCUT2D eigenvalue weighted by molar-refractivity contribution is 7.23. The number of hydrogen-bond donors (Lipinski definition) is 8. The highest BCUT2D eigenvalue weighted by atomic mass is 32.1. The number of carbonyl (C=O) groups is 1. The molecule has 4 spiro atoms. The standard InChI is InChI=1S/C63H67N7O4S2/c1-5-7-40-10-14-50(75-40)51-15-16-52(76-51)57(73)47-20-22-60-23-21-53-61(47,33-60)34-62(24-18-37(30-65-3)48(62)32-71)63(53)25-19-43-42-9-6-8-36(45(42)28-39-31-67-35-68-39)29-59(2,74)54-17-12-44-49(72)26-38(27-55(60)70-58(64)66-4)41(56(44)69-54)11-13-46(43)63/h6,8-10,12,14-17,19,21,23,25-26,31,35,37,43,46-48,53-55,65,69,71-72,74H,18,20,22,24,27-30,32-34H2,1-4H3,(H,67,68)(H3,64,66,70). The predicted molar refractivity (Wildman–Crippen MR) is 303 cm³/mol. The number of rotatable bonds is 9. The fourth-order valence-electron chi connectivity index (χ4n) is 17.1. The van der Waals surface area contributed by atoms with Gasteiger partial charge in [0.25, 0.3) is 0 Å². The van der Waals surface area contributed by atoms with E-state index in [0.29, 0.717) is 42.9 Å². The van der Waals surface area contributed by atoms with Crippen molar-refractivity contribution >= 4 is 46.2 Å². The zero-order valence-electron chi connectivity index (χ0n) is 43.7. The monoisotopic (exact) mass is 1050 g/mol. The maximum absolute atomic E-state index is 16.2. The number of aromatic nitrogens is 2. The molecule has 5 aromatic rings. The quantitative estimate of drug-likeness (QED) is 0.0235. The highest BCUT2D eigenvalue weighted by Gasteiger charge is 2.78. The summed E-state index contributed by atoms with van der Waals surface area (Å²) in [6.45, 7) is 4.56. The van der Waals surface area contributed by atoms with E-state index in [1.54, 1.807) is 36.0 Å². The summed E-state index contributed by atoms with van der Waals surface area (Å²) < 4.78 is 0. The second-order valence-corrected chi connectivity index (χ2v) is 25.8. The molecule has 3 fully saturated rings. The van der Waals surface area contributed by atoms with Crippen molar-refractivity contribution in [1.82, 2.24) is 20.6 Å². The van der Waals surface area contributed by atoms with E-state index < -0.39 is 33.3 Å². The Kier molecular flexibility index (Phi) is 11.8. The van der Waals surface area contributed by atoms with Gasteiger partial charge in [-0.05, 0) is 154 Å². The number of ketones is 1. The number of anilines is 1. The number of hydrogen-bond acceptors (Lipinski definition) is 10. The summed E-state index contributed by atoms with van der Waals surface area (Å²) in [4.78, 5) is 32.5. The molecule has 11 nitrogen and oxygen atoms in total. The number of Topliss-reactive ketones (excluding diaryl/α,β-unsaturated/α-hetero) is 1. The third-order valence-corrected chi connectivity index (χ3v) is 22.5. The molecule has 14 rings (SSSR count). The van der Waals surface area contributed by atoms with Gasteiger partial charge in [-0.25, -0.2) is 4.98 Å². The number of aliphatic imine (C=N–C) groups is 1. The summed E-state index contributed by atoms with van der Waals surface area (Å²) in [7, 11) is 3.73. The van der Waals surface area contributed by atoms with E-state index >= 15 is 4.79 Å². The number of nitrogens with one attached hydrogen (secondary N) is 4. The molecule has 9 N–H and O–H groups in total. The van der Waals surface area contributed by atoms with Crippen LogP contribution in [0, 0.1) is 74.9 Å². The van der Waals surface area contributed by atoms with E-state index in [9.17, 15) is 15.3 Å². The first kappa shape index (κ1) is 49.4. The maximum Gasteiger partial charge on any atom is 0.188 e. The van der Waals surface area contributed by atoms with Gasteiger partial charge in [-0.2, -0.15) is 0 Å². The van der Waals surface area contributed by atoms with E-state index in [2.05, 4.69) is 121 Å². The van der Waals surface area contributed by atoms with Crippen molar-refractivity contribution in [3.8, 4) is 39.2 Å². The van der Waals surface area contributed by atoms with Crippen LogP contribution in [0.25, 0.3) is 15.8 Å².